The van der Waals surface area contributed by atoms with Crippen LogP contribution in [0.15, 0.2) is 29.2 Å². The lowest BCUT2D eigenvalue weighted by Crippen LogP contribution is -2.30. The van der Waals surface area contributed by atoms with E-state index in [1.54, 1.807) is 12.1 Å². The Labute approximate surface area is 95.1 Å². The molecule has 0 bridgehead atoms. The summed E-state index contributed by atoms with van der Waals surface area (Å²) in [6.45, 7) is 1.50. The minimum absolute atomic E-state index is 0.00559. The van der Waals surface area contributed by atoms with Gasteiger partial charge in [0, 0.05) is 6.54 Å². The molecule has 0 radical (unpaired) electrons. The Bertz CT molecular complexity index is 425. The van der Waals surface area contributed by atoms with E-state index in [1.165, 1.54) is 26.2 Å². The van der Waals surface area contributed by atoms with Crippen molar-refractivity contribution in [3.05, 3.63) is 24.3 Å². The number of aliphatic hydroxyl groups is 1. The number of ether oxygens (including phenoxy) is 1. The van der Waals surface area contributed by atoms with Gasteiger partial charge in [0.25, 0.3) is 0 Å². The normalized spacial score (nSPS) is 13.4. The number of hydrogen-bond acceptors (Lipinski definition) is 4. The predicted octanol–water partition coefficient (Wildman–Crippen LogP) is 0.354. The summed E-state index contributed by atoms with van der Waals surface area (Å²) in [5.41, 5.74) is 0. The summed E-state index contributed by atoms with van der Waals surface area (Å²) in [5.74, 6) is 0.592. The fraction of sp³-hybridized carbons (Fsp3) is 0.400. The van der Waals surface area contributed by atoms with E-state index in [2.05, 4.69) is 4.72 Å². The van der Waals surface area contributed by atoms with E-state index in [0.29, 0.717) is 5.75 Å². The number of benzene rings is 1. The molecule has 6 heteroatoms. The van der Waals surface area contributed by atoms with Crippen molar-refractivity contribution in [2.45, 2.75) is 17.9 Å². The molecular formula is C10H15NO4S. The van der Waals surface area contributed by atoms with Gasteiger partial charge in [0.15, 0.2) is 0 Å². The summed E-state index contributed by atoms with van der Waals surface area (Å²) in [6.07, 6.45) is -0.715. The Kier molecular flexibility index (Phi) is 4.28. The van der Waals surface area contributed by atoms with Gasteiger partial charge in [0.2, 0.25) is 10.0 Å². The fourth-order valence-corrected chi connectivity index (χ4v) is 2.19. The number of rotatable bonds is 5. The lowest BCUT2D eigenvalue weighted by atomic mass is 10.3. The lowest BCUT2D eigenvalue weighted by Gasteiger charge is -2.08. The van der Waals surface area contributed by atoms with Crippen LogP contribution in [0.3, 0.4) is 0 Å². The van der Waals surface area contributed by atoms with Gasteiger partial charge in [-0.05, 0) is 31.2 Å². The topological polar surface area (TPSA) is 75.6 Å². The summed E-state index contributed by atoms with van der Waals surface area (Å²) in [5, 5.41) is 9.00. The highest BCUT2D eigenvalue weighted by Gasteiger charge is 2.14. The van der Waals surface area contributed by atoms with Crippen molar-refractivity contribution in [2.75, 3.05) is 13.7 Å². The number of sulfonamides is 1. The predicted molar refractivity (Wildman–Crippen MR) is 59.9 cm³/mol. The van der Waals surface area contributed by atoms with Crippen LogP contribution in [0.5, 0.6) is 5.75 Å². The standard InChI is InChI=1S/C10H15NO4S/c1-8(12)7-11-16(13,14)10-5-3-9(15-2)4-6-10/h3-6,8,11-12H,7H2,1-2H3/t8-/m1/s1. The van der Waals surface area contributed by atoms with Crippen molar-refractivity contribution in [3.8, 4) is 5.75 Å². The maximum absolute atomic E-state index is 11.7. The van der Waals surface area contributed by atoms with Crippen LogP contribution in [-0.4, -0.2) is 33.3 Å². The van der Waals surface area contributed by atoms with Gasteiger partial charge in [-0.15, -0.1) is 0 Å². The van der Waals surface area contributed by atoms with E-state index < -0.39 is 16.1 Å². The molecule has 90 valence electrons. The van der Waals surface area contributed by atoms with Crippen LogP contribution in [0.2, 0.25) is 0 Å². The summed E-state index contributed by atoms with van der Waals surface area (Å²) in [7, 11) is -2.04. The average Bonchev–Trinajstić information content (AvgIpc) is 2.27. The van der Waals surface area contributed by atoms with Crippen LogP contribution >= 0.6 is 0 Å². The Morgan fingerprint density at radius 3 is 2.38 bits per heavy atom. The van der Waals surface area contributed by atoms with Crippen molar-refractivity contribution in [1.29, 1.82) is 0 Å². The van der Waals surface area contributed by atoms with Crippen LogP contribution in [0.1, 0.15) is 6.92 Å². The number of methoxy groups -OCH3 is 1. The van der Waals surface area contributed by atoms with Crippen LogP contribution in [-0.2, 0) is 10.0 Å². The molecule has 0 aliphatic carbocycles. The second kappa shape index (κ2) is 5.29. The van der Waals surface area contributed by atoms with Gasteiger partial charge in [-0.2, -0.15) is 0 Å². The zero-order valence-electron chi connectivity index (χ0n) is 9.17. The molecule has 0 amide bonds. The minimum atomic E-state index is -3.55. The molecule has 5 nitrogen and oxygen atoms in total. The highest BCUT2D eigenvalue weighted by molar-refractivity contribution is 7.89. The molecule has 1 atom stereocenters. The summed E-state index contributed by atoms with van der Waals surface area (Å²) < 4.78 is 30.6. The number of hydrogen-bond donors (Lipinski definition) is 2. The first kappa shape index (κ1) is 13.0. The molecular weight excluding hydrogens is 230 g/mol. The van der Waals surface area contributed by atoms with Crippen LogP contribution in [0.25, 0.3) is 0 Å². The molecule has 0 saturated carbocycles. The van der Waals surface area contributed by atoms with Crippen molar-refractivity contribution < 1.29 is 18.3 Å². The molecule has 0 aliphatic heterocycles. The number of nitrogens with one attached hydrogen (secondary N) is 1. The molecule has 1 aromatic carbocycles. The Morgan fingerprint density at radius 1 is 1.38 bits per heavy atom. The second-order valence-corrected chi connectivity index (χ2v) is 5.14. The zero-order valence-corrected chi connectivity index (χ0v) is 9.99. The first-order valence-corrected chi connectivity index (χ1v) is 6.26. The third-order valence-electron chi connectivity index (χ3n) is 1.94. The van der Waals surface area contributed by atoms with E-state index in [0.717, 1.165) is 0 Å². The Morgan fingerprint density at radius 2 is 1.94 bits per heavy atom. The highest BCUT2D eigenvalue weighted by atomic mass is 32.2. The lowest BCUT2D eigenvalue weighted by molar-refractivity contribution is 0.198. The molecule has 0 unspecified atom stereocenters. The van der Waals surface area contributed by atoms with Crippen molar-refractivity contribution in [1.82, 2.24) is 4.72 Å². The van der Waals surface area contributed by atoms with Gasteiger partial charge in [-0.1, -0.05) is 0 Å². The molecule has 0 aliphatic rings. The molecule has 0 fully saturated rings. The summed E-state index contributed by atoms with van der Waals surface area (Å²) in [4.78, 5) is 0.147. The van der Waals surface area contributed by atoms with E-state index in [1.807, 2.05) is 0 Å². The van der Waals surface area contributed by atoms with Gasteiger partial charge in [0.05, 0.1) is 18.1 Å². The monoisotopic (exact) mass is 245 g/mol. The molecule has 1 rings (SSSR count). The van der Waals surface area contributed by atoms with E-state index in [9.17, 15) is 8.42 Å². The van der Waals surface area contributed by atoms with Gasteiger partial charge in [0.1, 0.15) is 5.75 Å². The smallest absolute Gasteiger partial charge is 0.240 e. The van der Waals surface area contributed by atoms with E-state index in [-0.39, 0.29) is 11.4 Å². The second-order valence-electron chi connectivity index (χ2n) is 3.38. The van der Waals surface area contributed by atoms with Crippen molar-refractivity contribution >= 4 is 10.0 Å². The van der Waals surface area contributed by atoms with Gasteiger partial charge in [-0.3, -0.25) is 0 Å². The minimum Gasteiger partial charge on any atom is -0.497 e. The van der Waals surface area contributed by atoms with E-state index >= 15 is 0 Å². The summed E-state index contributed by atoms with van der Waals surface area (Å²) in [6, 6.07) is 6.03. The van der Waals surface area contributed by atoms with Crippen LogP contribution in [0.4, 0.5) is 0 Å². The molecule has 0 heterocycles. The van der Waals surface area contributed by atoms with Gasteiger partial charge in [-0.25, -0.2) is 13.1 Å². The number of aliphatic hydroxyl groups excluding tert-OH is 1. The molecule has 0 aromatic heterocycles. The van der Waals surface area contributed by atoms with Crippen LogP contribution in [0, 0.1) is 0 Å². The Hall–Kier alpha value is -1.11. The third kappa shape index (κ3) is 3.48. The molecule has 1 aromatic rings. The largest absolute Gasteiger partial charge is 0.497 e. The maximum atomic E-state index is 11.7. The highest BCUT2D eigenvalue weighted by Crippen LogP contribution is 2.15. The molecule has 2 N–H and O–H groups in total. The molecule has 0 spiro atoms. The molecule has 16 heavy (non-hydrogen) atoms. The fourth-order valence-electron chi connectivity index (χ4n) is 1.07. The first-order valence-electron chi connectivity index (χ1n) is 4.77. The van der Waals surface area contributed by atoms with Gasteiger partial charge < -0.3 is 9.84 Å². The Balaban J connectivity index is 2.82. The maximum Gasteiger partial charge on any atom is 0.240 e. The SMILES string of the molecule is COc1ccc(S(=O)(=O)NC[C@@H](C)O)cc1. The summed E-state index contributed by atoms with van der Waals surface area (Å²) >= 11 is 0. The van der Waals surface area contributed by atoms with Crippen LogP contribution < -0.4 is 9.46 Å². The third-order valence-corrected chi connectivity index (χ3v) is 3.38. The van der Waals surface area contributed by atoms with Gasteiger partial charge >= 0.3 is 0 Å². The zero-order chi connectivity index (χ0) is 12.2. The molecule has 0 saturated heterocycles. The van der Waals surface area contributed by atoms with Crippen molar-refractivity contribution in [3.63, 3.8) is 0 Å². The average molecular weight is 245 g/mol. The first-order chi connectivity index (χ1) is 7.45. The van der Waals surface area contributed by atoms with Crippen molar-refractivity contribution in [2.24, 2.45) is 0 Å². The van der Waals surface area contributed by atoms with E-state index in [4.69, 9.17) is 9.84 Å². The quantitative estimate of drug-likeness (QED) is 0.785.